The Hall–Kier alpha value is -10.0. The first-order chi connectivity index (χ1) is 38.7. The maximum absolute atomic E-state index is 5.39. The van der Waals surface area contributed by atoms with Gasteiger partial charge in [-0.2, -0.15) is 0 Å². The van der Waals surface area contributed by atoms with Crippen molar-refractivity contribution in [1.29, 1.82) is 0 Å². The summed E-state index contributed by atoms with van der Waals surface area (Å²) in [6, 6.07) is 85.8. The van der Waals surface area contributed by atoms with Crippen LogP contribution in [0, 0.1) is 13.8 Å². The van der Waals surface area contributed by atoms with Gasteiger partial charge in [0.05, 0.1) is 0 Å². The average molecular weight is 1010 g/mol. The van der Waals surface area contributed by atoms with Crippen LogP contribution >= 0.6 is 0 Å². The molecule has 6 nitrogen and oxygen atoms in total. The molecular weight excluding hydrogens is 961 g/mol. The third-order valence-electron chi connectivity index (χ3n) is 15.8. The zero-order valence-electron chi connectivity index (χ0n) is 44.3. The van der Waals surface area contributed by atoms with Gasteiger partial charge in [-0.1, -0.05) is 255 Å². The van der Waals surface area contributed by atoms with Gasteiger partial charge >= 0.3 is 0 Å². The van der Waals surface area contributed by atoms with Crippen LogP contribution in [0.15, 0.2) is 243 Å². The number of aryl methyl sites for hydroxylation is 2. The summed E-state index contributed by atoms with van der Waals surface area (Å²) >= 11 is 0. The zero-order valence-corrected chi connectivity index (χ0v) is 44.3. The van der Waals surface area contributed by atoms with Crippen LogP contribution in [0.5, 0.6) is 0 Å². The molecule has 2 aromatic heterocycles. The van der Waals surface area contributed by atoms with Crippen LogP contribution in [0.4, 0.5) is 0 Å². The molecule has 13 aromatic rings. The van der Waals surface area contributed by atoms with E-state index in [4.69, 9.17) is 29.9 Å². The predicted molar refractivity (Wildman–Crippen MR) is 324 cm³/mol. The molecule has 0 atom stereocenters. The highest BCUT2D eigenvalue weighted by atomic mass is 15.0. The van der Waals surface area contributed by atoms with Crippen molar-refractivity contribution in [1.82, 2.24) is 29.9 Å². The molecule has 6 heteroatoms. The molecule has 0 amide bonds. The Morgan fingerprint density at radius 2 is 0.633 bits per heavy atom. The Morgan fingerprint density at radius 1 is 0.241 bits per heavy atom. The zero-order chi connectivity index (χ0) is 53.2. The quantitative estimate of drug-likeness (QED) is 0.143. The van der Waals surface area contributed by atoms with Crippen LogP contribution in [-0.2, 0) is 5.41 Å². The summed E-state index contributed by atoms with van der Waals surface area (Å²) in [4.78, 5) is 31.3. The molecule has 0 spiro atoms. The molecule has 1 aliphatic carbocycles. The molecule has 79 heavy (non-hydrogen) atoms. The van der Waals surface area contributed by atoms with Crippen molar-refractivity contribution in [2.75, 3.05) is 0 Å². The molecule has 0 aliphatic heterocycles. The van der Waals surface area contributed by atoms with Gasteiger partial charge in [-0.25, -0.2) is 29.9 Å². The summed E-state index contributed by atoms with van der Waals surface area (Å²) in [6.07, 6.45) is 0. The average Bonchev–Trinajstić information content (AvgIpc) is 4.02. The van der Waals surface area contributed by atoms with E-state index in [1.165, 1.54) is 33.4 Å². The third kappa shape index (κ3) is 8.55. The van der Waals surface area contributed by atoms with E-state index in [1.54, 1.807) is 0 Å². The van der Waals surface area contributed by atoms with Gasteiger partial charge in [0.15, 0.2) is 34.9 Å². The number of nitrogens with zero attached hydrogens (tertiary/aromatic N) is 6. The minimum atomic E-state index is -0.188. The minimum absolute atomic E-state index is 0.188. The lowest BCUT2D eigenvalue weighted by Crippen LogP contribution is -2.15. The van der Waals surface area contributed by atoms with Crippen molar-refractivity contribution in [3.63, 3.8) is 0 Å². The van der Waals surface area contributed by atoms with Gasteiger partial charge in [-0.05, 0) is 103 Å². The highest BCUT2D eigenvalue weighted by Gasteiger charge is 2.36. The van der Waals surface area contributed by atoms with Gasteiger partial charge in [-0.3, -0.25) is 0 Å². The molecule has 0 radical (unpaired) electrons. The van der Waals surface area contributed by atoms with Crippen molar-refractivity contribution < 1.29 is 0 Å². The smallest absolute Gasteiger partial charge is 0.164 e. The third-order valence-corrected chi connectivity index (χ3v) is 15.8. The van der Waals surface area contributed by atoms with E-state index >= 15 is 0 Å². The van der Waals surface area contributed by atoms with Gasteiger partial charge in [0.2, 0.25) is 0 Å². The molecule has 11 aromatic carbocycles. The number of benzene rings is 11. The molecule has 2 heterocycles. The second-order valence-electron chi connectivity index (χ2n) is 21.2. The van der Waals surface area contributed by atoms with Crippen molar-refractivity contribution in [2.45, 2.75) is 33.1 Å². The van der Waals surface area contributed by atoms with Crippen LogP contribution in [-0.4, -0.2) is 29.9 Å². The number of hydrogen-bond acceptors (Lipinski definition) is 6. The molecule has 0 unspecified atom stereocenters. The summed E-state index contributed by atoms with van der Waals surface area (Å²) in [5.74, 6) is 3.75. The topological polar surface area (TPSA) is 77.3 Å². The normalized spacial score (nSPS) is 12.4. The summed E-state index contributed by atoms with van der Waals surface area (Å²) in [5, 5.41) is 4.38. The second-order valence-corrected chi connectivity index (χ2v) is 21.2. The van der Waals surface area contributed by atoms with Crippen LogP contribution in [0.25, 0.3) is 134 Å². The minimum Gasteiger partial charge on any atom is -0.208 e. The van der Waals surface area contributed by atoms with Crippen molar-refractivity contribution >= 4 is 21.5 Å². The highest BCUT2D eigenvalue weighted by molar-refractivity contribution is 6.06. The standard InChI is InChI=1S/C73H52N6/c1-45-25-28-51(29-26-45)67-74-68(52-34-30-48(31-35-52)47-15-6-5-7-16-47)76-69(75-67)53-36-32-50(33-37-53)55-19-10-11-21-57(55)60-41-42-64(59-23-13-12-22-58(59)60)72-78-70(77-71(79-72)63-24-14-18-49-17-8-9-20-56(49)63)54-38-40-62-61-39-27-46(2)43-65(61)73(3,4)66(62)44-54/h5-44H,1-4H3. The Kier molecular flexibility index (Phi) is 11.5. The Bertz CT molecular complexity index is 4500. The van der Waals surface area contributed by atoms with E-state index in [0.29, 0.717) is 34.9 Å². The lowest BCUT2D eigenvalue weighted by Gasteiger charge is -2.22. The van der Waals surface area contributed by atoms with E-state index in [2.05, 4.69) is 264 Å². The number of fused-ring (bicyclic) bond motifs is 5. The first-order valence-electron chi connectivity index (χ1n) is 26.9. The maximum atomic E-state index is 5.39. The first-order valence-corrected chi connectivity index (χ1v) is 26.9. The molecule has 1 aliphatic rings. The molecule has 0 N–H and O–H groups in total. The molecular formula is C73H52N6. The van der Waals surface area contributed by atoms with Crippen molar-refractivity contribution in [2.24, 2.45) is 0 Å². The van der Waals surface area contributed by atoms with Crippen LogP contribution < -0.4 is 0 Å². The summed E-state index contributed by atoms with van der Waals surface area (Å²) in [7, 11) is 0. The van der Waals surface area contributed by atoms with Gasteiger partial charge in [0, 0.05) is 38.8 Å². The number of hydrogen-bond donors (Lipinski definition) is 0. The van der Waals surface area contributed by atoms with E-state index in [-0.39, 0.29) is 5.41 Å². The van der Waals surface area contributed by atoms with Crippen molar-refractivity contribution in [3.05, 3.63) is 265 Å². The Labute approximate surface area is 460 Å². The van der Waals surface area contributed by atoms with Crippen LogP contribution in [0.2, 0.25) is 0 Å². The Morgan fingerprint density at radius 3 is 1.30 bits per heavy atom. The second kappa shape index (κ2) is 19.2. The van der Waals surface area contributed by atoms with E-state index in [9.17, 15) is 0 Å². The molecule has 0 saturated carbocycles. The lowest BCUT2D eigenvalue weighted by atomic mass is 9.81. The molecule has 374 valence electrons. The van der Waals surface area contributed by atoms with Crippen LogP contribution in [0.3, 0.4) is 0 Å². The first kappa shape index (κ1) is 47.4. The molecule has 0 saturated heterocycles. The SMILES string of the molecule is Cc1ccc(-c2nc(-c3ccc(-c4ccccc4)cc3)nc(-c3ccc(-c4ccccc4-c4ccc(-c5nc(-c6ccc7c(c6)C(C)(C)c6cc(C)ccc6-7)nc(-c6cccc7ccccc67)n5)c5ccccc45)cc3)n2)cc1. The molecule has 14 rings (SSSR count). The summed E-state index contributed by atoms with van der Waals surface area (Å²) in [5.41, 5.74) is 19.8. The van der Waals surface area contributed by atoms with E-state index in [0.717, 1.165) is 88.3 Å². The van der Waals surface area contributed by atoms with Gasteiger partial charge in [0.25, 0.3) is 0 Å². The lowest BCUT2D eigenvalue weighted by molar-refractivity contribution is 0.660. The Balaban J connectivity index is 0.852. The summed E-state index contributed by atoms with van der Waals surface area (Å²) < 4.78 is 0. The largest absolute Gasteiger partial charge is 0.208 e. The predicted octanol–water partition coefficient (Wildman–Crippen LogP) is 18.3. The van der Waals surface area contributed by atoms with Gasteiger partial charge in [0.1, 0.15) is 0 Å². The fraction of sp³-hybridized carbons (Fsp3) is 0.0685. The molecule has 0 bridgehead atoms. The monoisotopic (exact) mass is 1010 g/mol. The fourth-order valence-electron chi connectivity index (χ4n) is 11.6. The van der Waals surface area contributed by atoms with Crippen LogP contribution in [0.1, 0.15) is 36.1 Å². The fourth-order valence-corrected chi connectivity index (χ4v) is 11.6. The van der Waals surface area contributed by atoms with E-state index < -0.39 is 0 Å². The maximum Gasteiger partial charge on any atom is 0.164 e. The number of aromatic nitrogens is 6. The van der Waals surface area contributed by atoms with Gasteiger partial charge < -0.3 is 0 Å². The molecule has 0 fully saturated rings. The van der Waals surface area contributed by atoms with Gasteiger partial charge in [-0.15, -0.1) is 0 Å². The highest BCUT2D eigenvalue weighted by Crippen LogP contribution is 2.50. The number of rotatable bonds is 9. The van der Waals surface area contributed by atoms with Crippen molar-refractivity contribution in [3.8, 4) is 113 Å². The summed E-state index contributed by atoms with van der Waals surface area (Å²) in [6.45, 7) is 8.91. The van der Waals surface area contributed by atoms with E-state index in [1.807, 2.05) is 6.07 Å².